The summed E-state index contributed by atoms with van der Waals surface area (Å²) in [5.74, 6) is 0.308. The molecule has 2 rings (SSSR count). The molecule has 22 heavy (non-hydrogen) atoms. The van der Waals surface area contributed by atoms with Gasteiger partial charge in [-0.2, -0.15) is 0 Å². The number of hydrogen-bond donors (Lipinski definition) is 0. The van der Waals surface area contributed by atoms with E-state index < -0.39 is 6.49 Å². The van der Waals surface area contributed by atoms with Gasteiger partial charge < -0.3 is 9.05 Å². The zero-order chi connectivity index (χ0) is 16.3. The fourth-order valence-corrected chi connectivity index (χ4v) is 3.83. The van der Waals surface area contributed by atoms with E-state index in [2.05, 4.69) is 9.97 Å². The predicted octanol–water partition coefficient (Wildman–Crippen LogP) is 5.88. The maximum absolute atomic E-state index is 6.03. The number of hydrogen-bond acceptors (Lipinski definition) is 5. The predicted molar refractivity (Wildman–Crippen MR) is 94.6 cm³/mol. The summed E-state index contributed by atoms with van der Waals surface area (Å²) in [6.07, 6.45) is 3.24. The lowest BCUT2D eigenvalue weighted by Crippen LogP contribution is -2.05. The Kier molecular flexibility index (Phi) is 6.17. The van der Waals surface area contributed by atoms with Crippen LogP contribution in [0.5, 0.6) is 11.8 Å². The highest BCUT2D eigenvalue weighted by Gasteiger charge is 2.24. The van der Waals surface area contributed by atoms with Crippen molar-refractivity contribution in [3.63, 3.8) is 0 Å². The second kappa shape index (κ2) is 7.52. The summed E-state index contributed by atoms with van der Waals surface area (Å²) in [5, 5.41) is 1.28. The van der Waals surface area contributed by atoms with Crippen molar-refractivity contribution in [3.8, 4) is 11.8 Å². The first-order valence-corrected chi connectivity index (χ1v) is 10.3. The van der Waals surface area contributed by atoms with Gasteiger partial charge >= 0.3 is 0 Å². The molecule has 0 aliphatic heterocycles. The lowest BCUT2D eigenvalue weighted by atomic mass is 10.5. The van der Waals surface area contributed by atoms with E-state index in [1.165, 1.54) is 24.5 Å². The SMILES string of the molecule is CCP(=S)(Oc1ncc(Cl)cc1Cl)Oc1ncc(Cl)cc1Cl. The Morgan fingerprint density at radius 2 is 1.36 bits per heavy atom. The highest BCUT2D eigenvalue weighted by atomic mass is 35.5. The Balaban J connectivity index is 2.26. The van der Waals surface area contributed by atoms with Crippen LogP contribution in [0.1, 0.15) is 6.92 Å². The van der Waals surface area contributed by atoms with Gasteiger partial charge in [-0.05, 0) is 23.9 Å². The molecule has 0 atom stereocenters. The number of rotatable bonds is 5. The van der Waals surface area contributed by atoms with Crippen LogP contribution in [0.2, 0.25) is 20.1 Å². The van der Waals surface area contributed by atoms with Crippen LogP contribution in [-0.4, -0.2) is 16.1 Å². The van der Waals surface area contributed by atoms with Crippen molar-refractivity contribution < 1.29 is 9.05 Å². The molecule has 10 heteroatoms. The molecule has 2 aromatic heterocycles. The number of pyridine rings is 2. The van der Waals surface area contributed by atoms with Crippen molar-refractivity contribution in [2.45, 2.75) is 6.92 Å². The smallest absolute Gasteiger partial charge is 0.290 e. The zero-order valence-electron chi connectivity index (χ0n) is 11.1. The maximum atomic E-state index is 6.03. The molecule has 0 saturated carbocycles. The Bertz CT molecular complexity index is 690. The van der Waals surface area contributed by atoms with E-state index >= 15 is 0 Å². The van der Waals surface area contributed by atoms with Gasteiger partial charge in [0.15, 0.2) is 0 Å². The van der Waals surface area contributed by atoms with Gasteiger partial charge in [0.1, 0.15) is 10.0 Å². The molecular formula is C12H9Cl4N2O2PS. The number of halogens is 4. The van der Waals surface area contributed by atoms with Gasteiger partial charge in [-0.15, -0.1) is 0 Å². The van der Waals surface area contributed by atoms with E-state index in [9.17, 15) is 0 Å². The summed E-state index contributed by atoms with van der Waals surface area (Å²) in [7, 11) is 0. The molecule has 0 N–H and O–H groups in total. The van der Waals surface area contributed by atoms with E-state index in [0.717, 1.165) is 0 Å². The summed E-state index contributed by atoms with van der Waals surface area (Å²) in [4.78, 5) is 8.02. The molecule has 0 unspecified atom stereocenters. The third-order valence-corrected chi connectivity index (χ3v) is 6.24. The van der Waals surface area contributed by atoms with Crippen LogP contribution < -0.4 is 9.05 Å². The first-order chi connectivity index (χ1) is 10.3. The summed E-state index contributed by atoms with van der Waals surface area (Å²) in [6, 6.07) is 3.02. The van der Waals surface area contributed by atoms with Gasteiger partial charge in [0.05, 0.1) is 10.0 Å². The van der Waals surface area contributed by atoms with Gasteiger partial charge in [-0.3, -0.25) is 0 Å². The second-order valence-corrected chi connectivity index (χ2v) is 9.57. The lowest BCUT2D eigenvalue weighted by molar-refractivity contribution is 0.467. The molecule has 118 valence electrons. The van der Waals surface area contributed by atoms with Gasteiger partial charge in [0.25, 0.3) is 6.49 Å². The molecule has 0 aromatic carbocycles. The van der Waals surface area contributed by atoms with E-state index in [1.807, 2.05) is 6.92 Å². The quantitative estimate of drug-likeness (QED) is 0.568. The normalized spacial score (nSPS) is 11.3. The maximum Gasteiger partial charge on any atom is 0.290 e. The topological polar surface area (TPSA) is 44.2 Å². The van der Waals surface area contributed by atoms with Crippen LogP contribution in [0, 0.1) is 0 Å². The van der Waals surface area contributed by atoms with Crippen molar-refractivity contribution in [1.82, 2.24) is 9.97 Å². The molecule has 0 saturated heterocycles. The fraction of sp³-hybridized carbons (Fsp3) is 0.167. The Hall–Kier alpha value is -0.290. The van der Waals surface area contributed by atoms with Crippen LogP contribution >= 0.6 is 52.9 Å². The largest absolute Gasteiger partial charge is 0.415 e. The number of aromatic nitrogens is 2. The van der Waals surface area contributed by atoms with Crippen molar-refractivity contribution in [1.29, 1.82) is 0 Å². The van der Waals surface area contributed by atoms with Gasteiger partial charge in [0.2, 0.25) is 11.8 Å². The molecule has 0 aliphatic carbocycles. The molecule has 4 nitrogen and oxygen atoms in total. The van der Waals surface area contributed by atoms with Crippen molar-refractivity contribution in [3.05, 3.63) is 44.6 Å². The second-order valence-electron chi connectivity index (χ2n) is 3.99. The molecule has 0 spiro atoms. The summed E-state index contributed by atoms with van der Waals surface area (Å²) < 4.78 is 11.4. The third-order valence-electron chi connectivity index (χ3n) is 2.39. The zero-order valence-corrected chi connectivity index (χ0v) is 15.8. The van der Waals surface area contributed by atoms with E-state index in [1.54, 1.807) is 0 Å². The van der Waals surface area contributed by atoms with Gasteiger partial charge in [-0.25, -0.2) is 9.97 Å². The Labute approximate surface area is 152 Å². The van der Waals surface area contributed by atoms with Gasteiger partial charge in [0, 0.05) is 18.6 Å². The van der Waals surface area contributed by atoms with Crippen LogP contribution in [-0.2, 0) is 11.8 Å². The molecule has 2 aromatic rings. The van der Waals surface area contributed by atoms with Crippen LogP contribution in [0.3, 0.4) is 0 Å². The van der Waals surface area contributed by atoms with Crippen LogP contribution in [0.4, 0.5) is 0 Å². The summed E-state index contributed by atoms with van der Waals surface area (Å²) >= 11 is 29.1. The van der Waals surface area contributed by atoms with E-state index in [4.69, 9.17) is 67.3 Å². The molecule has 2 heterocycles. The molecule has 0 amide bonds. The fourth-order valence-electron chi connectivity index (χ4n) is 1.35. The van der Waals surface area contributed by atoms with Crippen molar-refractivity contribution in [2.24, 2.45) is 0 Å². The van der Waals surface area contributed by atoms with Crippen LogP contribution in [0.25, 0.3) is 0 Å². The summed E-state index contributed by atoms with van der Waals surface area (Å²) in [5.41, 5.74) is 0. The Morgan fingerprint density at radius 3 is 1.68 bits per heavy atom. The minimum atomic E-state index is -2.77. The first-order valence-electron chi connectivity index (χ1n) is 5.93. The minimum Gasteiger partial charge on any atom is -0.415 e. The standard InChI is InChI=1S/C12H9Cl4N2O2PS/c1-2-21(22,19-11-9(15)3-7(13)5-17-11)20-12-10(16)4-8(14)6-18-12/h3-6H,2H2,1H3. The highest BCUT2D eigenvalue weighted by Crippen LogP contribution is 2.50. The van der Waals surface area contributed by atoms with Crippen LogP contribution in [0.15, 0.2) is 24.5 Å². The molecule has 0 fully saturated rings. The average Bonchev–Trinajstić information content (AvgIpc) is 2.45. The summed E-state index contributed by atoms with van der Waals surface area (Å²) in [6.45, 7) is -0.947. The van der Waals surface area contributed by atoms with Crippen molar-refractivity contribution >= 4 is 64.7 Å². The van der Waals surface area contributed by atoms with Crippen molar-refractivity contribution in [2.75, 3.05) is 6.16 Å². The molecule has 0 aliphatic rings. The lowest BCUT2D eigenvalue weighted by Gasteiger charge is -2.22. The molecular weight excluding hydrogens is 409 g/mol. The average molecular weight is 418 g/mol. The molecule has 0 radical (unpaired) electrons. The molecule has 0 bridgehead atoms. The Morgan fingerprint density at radius 1 is 0.955 bits per heavy atom. The van der Waals surface area contributed by atoms with E-state index in [-0.39, 0.29) is 21.8 Å². The first kappa shape index (κ1) is 18.1. The number of nitrogens with zero attached hydrogens (tertiary/aromatic N) is 2. The minimum absolute atomic E-state index is 0.154. The van der Waals surface area contributed by atoms with E-state index in [0.29, 0.717) is 16.2 Å². The monoisotopic (exact) mass is 416 g/mol. The highest BCUT2D eigenvalue weighted by molar-refractivity contribution is 8.10. The third kappa shape index (κ3) is 4.60. The van der Waals surface area contributed by atoms with Gasteiger partial charge in [-0.1, -0.05) is 53.3 Å².